The van der Waals surface area contributed by atoms with Gasteiger partial charge in [-0.25, -0.2) is 20.4 Å². The fourth-order valence-corrected chi connectivity index (χ4v) is 1.62. The van der Waals surface area contributed by atoms with Crippen LogP contribution in [-0.4, -0.2) is 28.5 Å². The minimum Gasteiger partial charge on any atom is -0.443 e. The van der Waals surface area contributed by atoms with Gasteiger partial charge in [0.25, 0.3) is 0 Å². The number of nitrogens with one attached hydrogen (secondary N) is 2. The van der Waals surface area contributed by atoms with Crippen molar-refractivity contribution in [3.8, 4) is 0 Å². The SMILES string of the molecule is CC(C)(C)OC(=O)NN(NCc1ccccc1)C(=O)OC(C)(C)C. The zero-order valence-electron chi connectivity index (χ0n) is 15.2. The molecule has 0 aliphatic heterocycles. The molecule has 0 unspecified atom stereocenters. The van der Waals surface area contributed by atoms with E-state index in [0.717, 1.165) is 10.7 Å². The van der Waals surface area contributed by atoms with Crippen molar-refractivity contribution < 1.29 is 19.1 Å². The van der Waals surface area contributed by atoms with Crippen LogP contribution in [0.2, 0.25) is 0 Å². The van der Waals surface area contributed by atoms with Gasteiger partial charge in [-0.15, -0.1) is 5.12 Å². The second-order valence-electron chi connectivity index (χ2n) is 7.25. The van der Waals surface area contributed by atoms with E-state index in [1.54, 1.807) is 41.5 Å². The summed E-state index contributed by atoms with van der Waals surface area (Å²) in [7, 11) is 0. The highest BCUT2D eigenvalue weighted by Gasteiger charge is 2.26. The molecule has 0 aliphatic rings. The molecule has 0 fully saturated rings. The molecule has 0 aliphatic carbocycles. The number of rotatable bonds is 3. The molecule has 0 bridgehead atoms. The van der Waals surface area contributed by atoms with Gasteiger partial charge in [-0.05, 0) is 47.1 Å². The van der Waals surface area contributed by atoms with Crippen molar-refractivity contribution in [3.63, 3.8) is 0 Å². The standard InChI is InChI=1S/C17H27N3O4/c1-16(2,3)23-14(21)19-20(15(22)24-17(4,5)6)18-12-13-10-8-7-9-11-13/h7-11,18H,12H2,1-6H3,(H,19,21). The number of carbonyl (C=O) groups is 2. The highest BCUT2D eigenvalue weighted by atomic mass is 16.6. The van der Waals surface area contributed by atoms with Crippen LogP contribution in [0.3, 0.4) is 0 Å². The van der Waals surface area contributed by atoms with Crippen LogP contribution in [0.1, 0.15) is 47.1 Å². The molecule has 1 rings (SSSR count). The van der Waals surface area contributed by atoms with Crippen molar-refractivity contribution in [1.29, 1.82) is 0 Å². The van der Waals surface area contributed by atoms with Gasteiger partial charge in [0.1, 0.15) is 11.2 Å². The predicted octanol–water partition coefficient (Wildman–Crippen LogP) is 3.37. The van der Waals surface area contributed by atoms with Crippen LogP contribution < -0.4 is 10.9 Å². The van der Waals surface area contributed by atoms with E-state index in [0.29, 0.717) is 6.54 Å². The smallest absolute Gasteiger partial charge is 0.443 e. The zero-order valence-corrected chi connectivity index (χ0v) is 15.2. The first-order valence-electron chi connectivity index (χ1n) is 7.76. The van der Waals surface area contributed by atoms with E-state index in [1.807, 2.05) is 30.3 Å². The van der Waals surface area contributed by atoms with Gasteiger partial charge < -0.3 is 9.47 Å². The summed E-state index contributed by atoms with van der Waals surface area (Å²) < 4.78 is 10.4. The van der Waals surface area contributed by atoms with Crippen LogP contribution in [0, 0.1) is 0 Å². The van der Waals surface area contributed by atoms with E-state index >= 15 is 0 Å². The fourth-order valence-electron chi connectivity index (χ4n) is 1.62. The molecule has 2 amide bonds. The highest BCUT2D eigenvalue weighted by Crippen LogP contribution is 2.10. The number of hydrogen-bond acceptors (Lipinski definition) is 5. The van der Waals surface area contributed by atoms with Gasteiger partial charge in [-0.1, -0.05) is 30.3 Å². The Morgan fingerprint density at radius 1 is 0.958 bits per heavy atom. The maximum atomic E-state index is 12.3. The van der Waals surface area contributed by atoms with Crippen molar-refractivity contribution in [2.24, 2.45) is 0 Å². The molecule has 0 spiro atoms. The van der Waals surface area contributed by atoms with Crippen LogP contribution in [0.15, 0.2) is 30.3 Å². The molecule has 1 aromatic carbocycles. The lowest BCUT2D eigenvalue weighted by Crippen LogP contribution is -2.56. The molecule has 134 valence electrons. The molecular formula is C17H27N3O4. The van der Waals surface area contributed by atoms with Crippen LogP contribution in [0.25, 0.3) is 0 Å². The summed E-state index contributed by atoms with van der Waals surface area (Å²) in [5, 5.41) is 0.895. The van der Waals surface area contributed by atoms with Crippen LogP contribution in [-0.2, 0) is 16.0 Å². The van der Waals surface area contributed by atoms with E-state index in [2.05, 4.69) is 10.9 Å². The largest absolute Gasteiger partial charge is 0.444 e. The molecule has 0 radical (unpaired) electrons. The fraction of sp³-hybridized carbons (Fsp3) is 0.529. The van der Waals surface area contributed by atoms with Gasteiger partial charge >= 0.3 is 12.2 Å². The molecule has 24 heavy (non-hydrogen) atoms. The number of benzene rings is 1. The van der Waals surface area contributed by atoms with Crippen molar-refractivity contribution in [2.75, 3.05) is 0 Å². The van der Waals surface area contributed by atoms with Gasteiger partial charge in [-0.2, -0.15) is 0 Å². The lowest BCUT2D eigenvalue weighted by Gasteiger charge is -2.28. The third kappa shape index (κ3) is 8.38. The van der Waals surface area contributed by atoms with Gasteiger partial charge in [0.2, 0.25) is 0 Å². The summed E-state index contributed by atoms with van der Waals surface area (Å²) in [6.07, 6.45) is -1.49. The summed E-state index contributed by atoms with van der Waals surface area (Å²) in [5.41, 5.74) is 4.74. The Kier molecular flexibility index (Phi) is 6.60. The Hall–Kier alpha value is -2.28. The number of ether oxygens (including phenoxy) is 2. The van der Waals surface area contributed by atoms with E-state index in [-0.39, 0.29) is 0 Å². The van der Waals surface area contributed by atoms with E-state index in [4.69, 9.17) is 9.47 Å². The van der Waals surface area contributed by atoms with E-state index in [1.165, 1.54) is 0 Å². The third-order valence-corrected chi connectivity index (χ3v) is 2.46. The second-order valence-corrected chi connectivity index (χ2v) is 7.25. The first kappa shape index (κ1) is 19.8. The van der Waals surface area contributed by atoms with Crippen molar-refractivity contribution in [1.82, 2.24) is 16.0 Å². The summed E-state index contributed by atoms with van der Waals surface area (Å²) >= 11 is 0. The second kappa shape index (κ2) is 8.01. The van der Waals surface area contributed by atoms with Gasteiger partial charge in [0.15, 0.2) is 0 Å². The topological polar surface area (TPSA) is 79.9 Å². The average Bonchev–Trinajstić information content (AvgIpc) is 2.40. The summed E-state index contributed by atoms with van der Waals surface area (Å²) in [6, 6.07) is 9.46. The van der Waals surface area contributed by atoms with Crippen LogP contribution in [0.5, 0.6) is 0 Å². The van der Waals surface area contributed by atoms with Gasteiger partial charge in [0, 0.05) is 6.54 Å². The Bertz CT molecular complexity index is 547. The molecule has 2 N–H and O–H groups in total. The molecule has 0 saturated heterocycles. The van der Waals surface area contributed by atoms with Crippen LogP contribution >= 0.6 is 0 Å². The highest BCUT2D eigenvalue weighted by molar-refractivity contribution is 5.74. The average molecular weight is 337 g/mol. The van der Waals surface area contributed by atoms with E-state index < -0.39 is 23.4 Å². The van der Waals surface area contributed by atoms with Gasteiger partial charge in [-0.3, -0.25) is 0 Å². The molecule has 0 atom stereocenters. The zero-order chi connectivity index (χ0) is 18.4. The lowest BCUT2D eigenvalue weighted by atomic mass is 10.2. The Morgan fingerprint density at radius 3 is 2.00 bits per heavy atom. The number of amides is 2. The Labute approximate surface area is 143 Å². The molecule has 0 aromatic heterocycles. The number of carbonyl (C=O) groups excluding carboxylic acids is 2. The molecule has 1 aromatic rings. The van der Waals surface area contributed by atoms with Crippen molar-refractivity contribution in [3.05, 3.63) is 35.9 Å². The maximum Gasteiger partial charge on any atom is 0.444 e. The minimum atomic E-state index is -0.756. The summed E-state index contributed by atoms with van der Waals surface area (Å²) in [6.45, 7) is 10.8. The molecule has 7 nitrogen and oxygen atoms in total. The monoisotopic (exact) mass is 337 g/mol. The molecule has 7 heteroatoms. The lowest BCUT2D eigenvalue weighted by molar-refractivity contribution is -0.0132. The molecular weight excluding hydrogens is 310 g/mol. The molecule has 0 heterocycles. The third-order valence-electron chi connectivity index (χ3n) is 2.46. The maximum absolute atomic E-state index is 12.3. The number of hydrazine groups is 2. The normalized spacial score (nSPS) is 11.6. The predicted molar refractivity (Wildman–Crippen MR) is 90.7 cm³/mol. The van der Waals surface area contributed by atoms with Crippen molar-refractivity contribution in [2.45, 2.75) is 59.3 Å². The number of nitrogens with zero attached hydrogens (tertiary/aromatic N) is 1. The minimum absolute atomic E-state index is 0.329. The van der Waals surface area contributed by atoms with Crippen LogP contribution in [0.4, 0.5) is 9.59 Å². The summed E-state index contributed by atoms with van der Waals surface area (Å²) in [4.78, 5) is 24.2. The first-order valence-corrected chi connectivity index (χ1v) is 7.76. The van der Waals surface area contributed by atoms with Gasteiger partial charge in [0.05, 0.1) is 0 Å². The number of hydrogen-bond donors (Lipinski definition) is 2. The molecule has 0 saturated carbocycles. The quantitative estimate of drug-likeness (QED) is 0.827. The van der Waals surface area contributed by atoms with E-state index in [9.17, 15) is 9.59 Å². The van der Waals surface area contributed by atoms with Crippen molar-refractivity contribution >= 4 is 12.2 Å². The Morgan fingerprint density at radius 2 is 1.50 bits per heavy atom. The Balaban J connectivity index is 2.75. The first-order chi connectivity index (χ1) is 11.0. The summed E-state index contributed by atoms with van der Waals surface area (Å²) in [5.74, 6) is 0.